The summed E-state index contributed by atoms with van der Waals surface area (Å²) < 4.78 is 6.02. The van der Waals surface area contributed by atoms with Gasteiger partial charge in [-0.25, -0.2) is 4.98 Å². The van der Waals surface area contributed by atoms with Crippen molar-refractivity contribution in [1.82, 2.24) is 10.3 Å². The quantitative estimate of drug-likeness (QED) is 0.625. The number of carbonyl (C=O) groups excluding carboxylic acids is 1. The number of benzene rings is 1. The average molecular weight is 435 g/mol. The Hall–Kier alpha value is -0.990. The van der Waals surface area contributed by atoms with Gasteiger partial charge in [-0.1, -0.05) is 28.1 Å². The van der Waals surface area contributed by atoms with Crippen molar-refractivity contribution in [2.24, 2.45) is 0 Å². The zero-order valence-electron chi connectivity index (χ0n) is 13.6. The van der Waals surface area contributed by atoms with Crippen LogP contribution in [0.4, 0.5) is 5.13 Å². The van der Waals surface area contributed by atoms with Gasteiger partial charge < -0.3 is 15.4 Å². The van der Waals surface area contributed by atoms with Crippen molar-refractivity contribution in [2.75, 3.05) is 32.1 Å². The van der Waals surface area contributed by atoms with Crippen LogP contribution in [0.2, 0.25) is 0 Å². The summed E-state index contributed by atoms with van der Waals surface area (Å²) in [5, 5.41) is 6.43. The first-order valence-electron chi connectivity index (χ1n) is 7.27. The summed E-state index contributed by atoms with van der Waals surface area (Å²) in [5.41, 5.74) is 2.44. The number of carbonyl (C=O) groups is 1. The highest BCUT2D eigenvalue weighted by molar-refractivity contribution is 9.10. The van der Waals surface area contributed by atoms with Crippen LogP contribution in [0.15, 0.2) is 28.9 Å². The van der Waals surface area contributed by atoms with E-state index < -0.39 is 0 Å². The third-order valence-electron chi connectivity index (χ3n) is 3.17. The van der Waals surface area contributed by atoms with Gasteiger partial charge in [0.1, 0.15) is 0 Å². The lowest BCUT2D eigenvalue weighted by Crippen LogP contribution is -2.30. The van der Waals surface area contributed by atoms with Crippen LogP contribution < -0.4 is 10.6 Å². The van der Waals surface area contributed by atoms with Crippen LogP contribution in [0.25, 0.3) is 0 Å². The Morgan fingerprint density at radius 2 is 2.21 bits per heavy atom. The lowest BCUT2D eigenvalue weighted by atomic mass is 10.1. The minimum atomic E-state index is -0.0958. The molecule has 0 spiro atoms. The van der Waals surface area contributed by atoms with Gasteiger partial charge in [0.2, 0.25) is 5.91 Å². The minimum Gasteiger partial charge on any atom is -0.383 e. The maximum Gasteiger partial charge on any atom is 0.240 e. The Labute approximate surface area is 160 Å². The molecule has 0 aliphatic rings. The number of amides is 1. The number of halogens is 2. The fourth-order valence-corrected chi connectivity index (χ4v) is 3.11. The molecule has 1 aromatic heterocycles. The molecule has 0 radical (unpaired) electrons. The van der Waals surface area contributed by atoms with Gasteiger partial charge in [-0.05, 0) is 24.1 Å². The monoisotopic (exact) mass is 433 g/mol. The summed E-state index contributed by atoms with van der Waals surface area (Å²) >= 11 is 5.01. The number of methoxy groups -OCH3 is 1. The Morgan fingerprint density at radius 3 is 2.92 bits per heavy atom. The number of thiazole rings is 1. The molecule has 132 valence electrons. The zero-order valence-corrected chi connectivity index (χ0v) is 16.8. The van der Waals surface area contributed by atoms with E-state index in [2.05, 4.69) is 56.7 Å². The van der Waals surface area contributed by atoms with Gasteiger partial charge in [-0.2, -0.15) is 0 Å². The first-order chi connectivity index (χ1) is 11.1. The van der Waals surface area contributed by atoms with Gasteiger partial charge in [0.15, 0.2) is 5.13 Å². The lowest BCUT2D eigenvalue weighted by Gasteiger charge is -2.04. The van der Waals surface area contributed by atoms with E-state index in [-0.39, 0.29) is 24.9 Å². The van der Waals surface area contributed by atoms with Crippen LogP contribution in [0, 0.1) is 6.92 Å². The Balaban J connectivity index is 0.00000288. The summed E-state index contributed by atoms with van der Waals surface area (Å²) in [6.07, 6.45) is 2.63. The largest absolute Gasteiger partial charge is 0.383 e. The summed E-state index contributed by atoms with van der Waals surface area (Å²) in [7, 11) is 1.63. The van der Waals surface area contributed by atoms with E-state index in [0.717, 1.165) is 15.8 Å². The van der Waals surface area contributed by atoms with Gasteiger partial charge >= 0.3 is 0 Å². The van der Waals surface area contributed by atoms with E-state index in [4.69, 9.17) is 4.74 Å². The number of aryl methyl sites for hydroxylation is 1. The molecule has 0 aliphatic carbocycles. The molecule has 0 unspecified atom stereocenters. The third-order valence-corrected chi connectivity index (χ3v) is 4.97. The first kappa shape index (κ1) is 21.1. The fraction of sp³-hybridized carbons (Fsp3) is 0.375. The highest BCUT2D eigenvalue weighted by atomic mass is 79.9. The predicted molar refractivity (Wildman–Crippen MR) is 104 cm³/mol. The zero-order chi connectivity index (χ0) is 16.7. The molecule has 24 heavy (non-hydrogen) atoms. The smallest absolute Gasteiger partial charge is 0.240 e. The maximum atomic E-state index is 11.8. The van der Waals surface area contributed by atoms with E-state index >= 15 is 0 Å². The van der Waals surface area contributed by atoms with E-state index in [1.807, 2.05) is 6.20 Å². The fourth-order valence-electron chi connectivity index (χ4n) is 2.00. The van der Waals surface area contributed by atoms with Crippen molar-refractivity contribution in [3.63, 3.8) is 0 Å². The van der Waals surface area contributed by atoms with Crippen LogP contribution in [0.1, 0.15) is 16.0 Å². The molecule has 2 N–H and O–H groups in total. The summed E-state index contributed by atoms with van der Waals surface area (Å²) in [6, 6.07) is 6.30. The molecule has 8 heteroatoms. The minimum absolute atomic E-state index is 0. The van der Waals surface area contributed by atoms with E-state index in [1.165, 1.54) is 22.5 Å². The van der Waals surface area contributed by atoms with Crippen molar-refractivity contribution >= 4 is 50.7 Å². The number of nitrogens with one attached hydrogen (secondary N) is 2. The second-order valence-corrected chi connectivity index (χ2v) is 7.08. The normalized spacial score (nSPS) is 10.3. The molecule has 0 bridgehead atoms. The van der Waals surface area contributed by atoms with Gasteiger partial charge in [-0.3, -0.25) is 4.79 Å². The number of aromatic nitrogens is 1. The summed E-state index contributed by atoms with van der Waals surface area (Å²) in [6.45, 7) is 3.56. The molecule has 0 aliphatic heterocycles. The number of hydrogen-bond acceptors (Lipinski definition) is 5. The number of rotatable bonds is 8. The molecule has 0 saturated carbocycles. The van der Waals surface area contributed by atoms with E-state index in [0.29, 0.717) is 18.3 Å². The Morgan fingerprint density at radius 1 is 1.42 bits per heavy atom. The van der Waals surface area contributed by atoms with Crippen molar-refractivity contribution in [2.45, 2.75) is 13.3 Å². The topological polar surface area (TPSA) is 63.2 Å². The van der Waals surface area contributed by atoms with Gasteiger partial charge in [0, 0.05) is 35.6 Å². The average Bonchev–Trinajstić information content (AvgIpc) is 2.94. The van der Waals surface area contributed by atoms with Crippen molar-refractivity contribution in [3.05, 3.63) is 44.9 Å². The molecule has 1 aromatic carbocycles. The standard InChI is InChI=1S/C16H20BrN3O2S.ClH/c1-11-7-12(3-4-14(11)17)8-13-9-19-16(23-13)20-15(21)10-18-5-6-22-2;/h3-4,7,9,18H,5-6,8,10H2,1-2H3,(H,19,20,21);1H. The molecule has 0 fully saturated rings. The molecule has 0 atom stereocenters. The van der Waals surface area contributed by atoms with Crippen LogP contribution in [-0.2, 0) is 16.0 Å². The molecule has 1 amide bonds. The number of ether oxygens (including phenoxy) is 1. The molecular formula is C16H21BrClN3O2S. The van der Waals surface area contributed by atoms with E-state index in [1.54, 1.807) is 7.11 Å². The summed E-state index contributed by atoms with van der Waals surface area (Å²) in [4.78, 5) is 17.2. The van der Waals surface area contributed by atoms with Gasteiger partial charge in [0.25, 0.3) is 0 Å². The van der Waals surface area contributed by atoms with Crippen LogP contribution in [0.5, 0.6) is 0 Å². The second kappa shape index (κ2) is 10.8. The van der Waals surface area contributed by atoms with Crippen molar-refractivity contribution in [3.8, 4) is 0 Å². The maximum absolute atomic E-state index is 11.8. The first-order valence-corrected chi connectivity index (χ1v) is 8.88. The van der Waals surface area contributed by atoms with Gasteiger partial charge in [-0.15, -0.1) is 23.7 Å². The second-order valence-electron chi connectivity index (χ2n) is 5.11. The Bertz CT molecular complexity index is 667. The van der Waals surface area contributed by atoms with Crippen molar-refractivity contribution in [1.29, 1.82) is 0 Å². The lowest BCUT2D eigenvalue weighted by molar-refractivity contribution is -0.115. The number of nitrogens with zero attached hydrogens (tertiary/aromatic N) is 1. The third kappa shape index (κ3) is 6.86. The molecule has 0 saturated heterocycles. The van der Waals surface area contributed by atoms with Crippen LogP contribution >= 0.6 is 39.7 Å². The number of hydrogen-bond donors (Lipinski definition) is 2. The van der Waals surface area contributed by atoms with Gasteiger partial charge in [0.05, 0.1) is 13.2 Å². The molecule has 2 rings (SSSR count). The molecular weight excluding hydrogens is 414 g/mol. The molecule has 1 heterocycles. The highest BCUT2D eigenvalue weighted by Gasteiger charge is 2.07. The summed E-state index contributed by atoms with van der Waals surface area (Å²) in [5.74, 6) is -0.0958. The van der Waals surface area contributed by atoms with Crippen LogP contribution in [-0.4, -0.2) is 37.7 Å². The molecule has 2 aromatic rings. The SMILES string of the molecule is COCCNCC(=O)Nc1ncc(Cc2ccc(Br)c(C)c2)s1.Cl. The van der Waals surface area contributed by atoms with Crippen LogP contribution in [0.3, 0.4) is 0 Å². The number of anilines is 1. The predicted octanol–water partition coefficient (Wildman–Crippen LogP) is 3.40. The van der Waals surface area contributed by atoms with Crippen molar-refractivity contribution < 1.29 is 9.53 Å². The van der Waals surface area contributed by atoms with E-state index in [9.17, 15) is 4.79 Å². The molecule has 5 nitrogen and oxygen atoms in total. The Kier molecular flexibility index (Phi) is 9.46. The highest BCUT2D eigenvalue weighted by Crippen LogP contribution is 2.23.